The van der Waals surface area contributed by atoms with E-state index < -0.39 is 29.4 Å². The minimum absolute atomic E-state index is 0. The zero-order valence-corrected chi connectivity index (χ0v) is 21.1. The molecular formula is C27H32ClF3N4O. The molecule has 2 fully saturated rings. The third kappa shape index (κ3) is 4.13. The molecule has 3 aliphatic rings. The number of carbonyl (C=O) groups excluding carboxylic acids is 1. The fourth-order valence-electron chi connectivity index (χ4n) is 6.37. The van der Waals surface area contributed by atoms with Crippen molar-refractivity contribution >= 4 is 17.4 Å². The maximum atomic E-state index is 16.9. The molecule has 3 atom stereocenters. The maximum Gasteiger partial charge on any atom is 0.349 e. The monoisotopic (exact) mass is 520 g/mol. The number of hydrogen-bond acceptors (Lipinski definition) is 2. The molecule has 1 aliphatic carbocycles. The zero-order valence-electron chi connectivity index (χ0n) is 20.3. The second-order valence-electron chi connectivity index (χ2n) is 10.3. The van der Waals surface area contributed by atoms with Crippen LogP contribution >= 0.6 is 0 Å². The van der Waals surface area contributed by atoms with Crippen LogP contribution in [0.4, 0.5) is 23.7 Å². The van der Waals surface area contributed by atoms with Crippen molar-refractivity contribution in [1.29, 1.82) is 0 Å². The number of nitrogens with zero attached hydrogens (tertiary/aromatic N) is 3. The second-order valence-corrected chi connectivity index (χ2v) is 10.3. The molecule has 1 unspecified atom stereocenters. The lowest BCUT2D eigenvalue weighted by Gasteiger charge is -2.55. The van der Waals surface area contributed by atoms with Gasteiger partial charge in [-0.3, -0.25) is 4.90 Å². The molecular weight excluding hydrogens is 489 g/mol. The van der Waals surface area contributed by atoms with Crippen LogP contribution in [0.15, 0.2) is 59.6 Å². The lowest BCUT2D eigenvalue weighted by Crippen LogP contribution is -3.00. The summed E-state index contributed by atoms with van der Waals surface area (Å²) in [5.41, 5.74) is -0.720. The largest absolute Gasteiger partial charge is 1.00 e. The Labute approximate surface area is 216 Å². The zero-order chi connectivity index (χ0) is 24.8. The number of halogens is 4. The summed E-state index contributed by atoms with van der Waals surface area (Å²) in [6.07, 6.45) is 4.28. The Kier molecular flexibility index (Phi) is 7.25. The summed E-state index contributed by atoms with van der Waals surface area (Å²) in [5.74, 6) is 2.50. The summed E-state index contributed by atoms with van der Waals surface area (Å²) in [5, 5.41) is 0. The smallest absolute Gasteiger partial charge is 0.349 e. The molecule has 0 bridgehead atoms. The van der Waals surface area contributed by atoms with E-state index in [0.717, 1.165) is 48.6 Å². The van der Waals surface area contributed by atoms with Crippen molar-refractivity contribution in [3.63, 3.8) is 0 Å². The standard InChI is InChI=1S/C27H32F3N4O.ClH/c1-19-27(29,30)26(15-16-34(19,31)18-20-9-4-2-5-10-20)24(21-11-6-3-7-12-21)32-25(35)33(26)23-14-8-13-22(28)17-23;/h2,4-5,8-10,13-14,17,19,21H,3,6-7,11-12,15-16,18,31H2,1H3;1H/q+1;/p-1/t19-,26+,34?;/m1./s1. The van der Waals surface area contributed by atoms with E-state index in [4.69, 9.17) is 5.84 Å². The summed E-state index contributed by atoms with van der Waals surface area (Å²) in [7, 11) is 0. The summed E-state index contributed by atoms with van der Waals surface area (Å²) in [4.78, 5) is 18.7. The van der Waals surface area contributed by atoms with Gasteiger partial charge in [-0.1, -0.05) is 55.7 Å². The molecule has 1 spiro atoms. The third-order valence-corrected chi connectivity index (χ3v) is 8.33. The van der Waals surface area contributed by atoms with Crippen LogP contribution in [0.5, 0.6) is 0 Å². The van der Waals surface area contributed by atoms with E-state index >= 15 is 8.78 Å². The summed E-state index contributed by atoms with van der Waals surface area (Å²) in [6.45, 7) is 1.95. The van der Waals surface area contributed by atoms with E-state index in [1.807, 2.05) is 30.3 Å². The van der Waals surface area contributed by atoms with Crippen molar-refractivity contribution in [2.75, 3.05) is 11.4 Å². The molecule has 2 heterocycles. The normalized spacial score (nSPS) is 30.2. The van der Waals surface area contributed by atoms with E-state index in [1.165, 1.54) is 25.1 Å². The molecule has 5 rings (SSSR count). The van der Waals surface area contributed by atoms with Gasteiger partial charge in [0.2, 0.25) is 0 Å². The minimum atomic E-state index is -3.40. The van der Waals surface area contributed by atoms with Gasteiger partial charge in [0.15, 0.2) is 11.6 Å². The van der Waals surface area contributed by atoms with Crippen molar-refractivity contribution in [2.24, 2.45) is 16.8 Å². The molecule has 0 radical (unpaired) electrons. The van der Waals surface area contributed by atoms with Gasteiger partial charge < -0.3 is 12.4 Å². The second kappa shape index (κ2) is 9.80. The quantitative estimate of drug-likeness (QED) is 0.498. The number of benzene rings is 2. The first kappa shape index (κ1) is 26.6. The Hall–Kier alpha value is -2.42. The first-order chi connectivity index (χ1) is 16.7. The molecule has 2 aliphatic heterocycles. The van der Waals surface area contributed by atoms with Crippen molar-refractivity contribution in [3.8, 4) is 0 Å². The molecule has 2 N–H and O–H groups in total. The van der Waals surface area contributed by atoms with Gasteiger partial charge in [-0.2, -0.15) is 19.6 Å². The number of anilines is 1. The number of likely N-dealkylation sites (tertiary alicyclic amines) is 1. The number of nitrogens with two attached hydrogens (primary N) is 1. The van der Waals surface area contributed by atoms with Crippen LogP contribution in [-0.4, -0.2) is 40.4 Å². The average Bonchev–Trinajstić information content (AvgIpc) is 3.16. The lowest BCUT2D eigenvalue weighted by atomic mass is 9.68. The number of piperidine rings is 1. The maximum absolute atomic E-state index is 16.9. The van der Waals surface area contributed by atoms with E-state index in [1.54, 1.807) is 0 Å². The Morgan fingerprint density at radius 3 is 2.44 bits per heavy atom. The van der Waals surface area contributed by atoms with Gasteiger partial charge in [-0.05, 0) is 38.0 Å². The number of aliphatic imine (C=N–C) groups is 1. The molecule has 9 heteroatoms. The summed E-state index contributed by atoms with van der Waals surface area (Å²) < 4.78 is 47.7. The summed E-state index contributed by atoms with van der Waals surface area (Å²) in [6, 6.07) is 12.7. The SMILES string of the molecule is C[C@@H]1C(F)(F)[C@]2(CC[N+]1(N)Cc1ccccc1)C(C1CCCCC1)=NC(=O)N2c1cccc(F)c1.[Cl-]. The van der Waals surface area contributed by atoms with Crippen LogP contribution in [0.25, 0.3) is 0 Å². The highest BCUT2D eigenvalue weighted by Gasteiger charge is 2.74. The predicted octanol–water partition coefficient (Wildman–Crippen LogP) is 2.85. The average molecular weight is 521 g/mol. The molecule has 36 heavy (non-hydrogen) atoms. The molecule has 2 aromatic rings. The van der Waals surface area contributed by atoms with Crippen LogP contribution in [0, 0.1) is 11.7 Å². The topological polar surface area (TPSA) is 58.7 Å². The number of rotatable bonds is 4. The number of urea groups is 1. The van der Waals surface area contributed by atoms with Crippen molar-refractivity contribution in [1.82, 2.24) is 0 Å². The third-order valence-electron chi connectivity index (χ3n) is 8.33. The number of amides is 2. The Morgan fingerprint density at radius 1 is 1.08 bits per heavy atom. The lowest BCUT2D eigenvalue weighted by molar-refractivity contribution is -0.987. The molecule has 5 nitrogen and oxygen atoms in total. The van der Waals surface area contributed by atoms with Crippen LogP contribution in [-0.2, 0) is 6.54 Å². The molecule has 0 aromatic heterocycles. The van der Waals surface area contributed by atoms with Gasteiger partial charge in [0, 0.05) is 23.6 Å². The highest BCUT2D eigenvalue weighted by Crippen LogP contribution is 2.53. The van der Waals surface area contributed by atoms with Crippen LogP contribution < -0.4 is 23.1 Å². The number of quaternary nitrogens is 1. The molecule has 1 saturated heterocycles. The van der Waals surface area contributed by atoms with Crippen molar-refractivity contribution in [2.45, 2.75) is 69.5 Å². The van der Waals surface area contributed by atoms with Crippen LogP contribution in [0.2, 0.25) is 0 Å². The Bertz CT molecular complexity index is 1140. The molecule has 2 amide bonds. The Balaban J connectivity index is 0.00000304. The van der Waals surface area contributed by atoms with Crippen molar-refractivity contribution < 1.29 is 35.0 Å². The van der Waals surface area contributed by atoms with Gasteiger partial charge in [0.05, 0.1) is 12.3 Å². The van der Waals surface area contributed by atoms with Gasteiger partial charge in [0.1, 0.15) is 12.4 Å². The highest BCUT2D eigenvalue weighted by molar-refractivity contribution is 6.18. The van der Waals surface area contributed by atoms with Gasteiger partial charge in [-0.15, -0.1) is 0 Å². The fourth-order valence-corrected chi connectivity index (χ4v) is 6.37. The summed E-state index contributed by atoms with van der Waals surface area (Å²) >= 11 is 0. The number of carbonyl (C=O) groups is 1. The highest BCUT2D eigenvalue weighted by atomic mass is 35.5. The molecule has 1 saturated carbocycles. The van der Waals surface area contributed by atoms with E-state index in [2.05, 4.69) is 4.99 Å². The predicted molar refractivity (Wildman–Crippen MR) is 130 cm³/mol. The molecule has 194 valence electrons. The Morgan fingerprint density at radius 2 is 1.78 bits per heavy atom. The number of alkyl halides is 2. The van der Waals surface area contributed by atoms with Gasteiger partial charge >= 0.3 is 12.0 Å². The van der Waals surface area contributed by atoms with E-state index in [9.17, 15) is 9.18 Å². The number of hydrogen-bond donors (Lipinski definition) is 1. The fraction of sp³-hybridized carbons (Fsp3) is 0.481. The molecule has 2 aromatic carbocycles. The van der Waals surface area contributed by atoms with Gasteiger partial charge in [-0.25, -0.2) is 13.8 Å². The van der Waals surface area contributed by atoms with E-state index in [-0.39, 0.29) is 53.8 Å². The van der Waals surface area contributed by atoms with Crippen LogP contribution in [0.1, 0.15) is 51.0 Å². The first-order valence-corrected chi connectivity index (χ1v) is 12.4. The minimum Gasteiger partial charge on any atom is -1.00 e. The first-order valence-electron chi connectivity index (χ1n) is 12.4. The van der Waals surface area contributed by atoms with Gasteiger partial charge in [0.25, 0.3) is 0 Å². The van der Waals surface area contributed by atoms with Crippen molar-refractivity contribution in [3.05, 3.63) is 66.0 Å². The van der Waals surface area contributed by atoms with Crippen LogP contribution in [0.3, 0.4) is 0 Å². The van der Waals surface area contributed by atoms with E-state index in [0.29, 0.717) is 0 Å².